The first-order valence-corrected chi connectivity index (χ1v) is 7.72. The van der Waals surface area contributed by atoms with Crippen molar-refractivity contribution >= 4 is 17.0 Å². The predicted molar refractivity (Wildman–Crippen MR) is 87.5 cm³/mol. The number of aromatic nitrogens is 3. The van der Waals surface area contributed by atoms with E-state index < -0.39 is 0 Å². The Bertz CT molecular complexity index is 727. The molecule has 0 aliphatic rings. The third-order valence-corrected chi connectivity index (χ3v) is 4.61. The standard InChI is InChI=1S/C16H18N4S/c1-11-4-9-15(21-11)12(2)18-14-7-5-13(6-8-14)16-19-17-10-20(16)3/h4-10,12,18H,1-3H3. The number of rotatable bonds is 4. The molecular formula is C16H18N4S. The number of anilines is 1. The van der Waals surface area contributed by atoms with Gasteiger partial charge in [-0.3, -0.25) is 0 Å². The van der Waals surface area contributed by atoms with Crippen molar-refractivity contribution in [2.45, 2.75) is 19.9 Å². The van der Waals surface area contributed by atoms with E-state index in [2.05, 4.69) is 65.8 Å². The third kappa shape index (κ3) is 2.97. The molecule has 108 valence electrons. The van der Waals surface area contributed by atoms with Gasteiger partial charge in [-0.15, -0.1) is 21.5 Å². The zero-order valence-corrected chi connectivity index (χ0v) is 13.2. The van der Waals surface area contributed by atoms with Crippen molar-refractivity contribution in [3.05, 3.63) is 52.5 Å². The predicted octanol–water partition coefficient (Wildman–Crippen LogP) is 4.03. The Morgan fingerprint density at radius 2 is 1.90 bits per heavy atom. The van der Waals surface area contributed by atoms with Gasteiger partial charge in [0.2, 0.25) is 0 Å². The van der Waals surface area contributed by atoms with Crippen LogP contribution < -0.4 is 5.32 Å². The fourth-order valence-corrected chi connectivity index (χ4v) is 3.15. The van der Waals surface area contributed by atoms with Gasteiger partial charge < -0.3 is 9.88 Å². The summed E-state index contributed by atoms with van der Waals surface area (Å²) < 4.78 is 1.92. The fourth-order valence-electron chi connectivity index (χ4n) is 2.27. The molecule has 4 nitrogen and oxygen atoms in total. The largest absolute Gasteiger partial charge is 0.378 e. The first-order valence-electron chi connectivity index (χ1n) is 6.91. The summed E-state index contributed by atoms with van der Waals surface area (Å²) in [5.41, 5.74) is 2.18. The molecule has 21 heavy (non-hydrogen) atoms. The molecule has 0 saturated carbocycles. The van der Waals surface area contributed by atoms with Crippen LogP contribution in [0.25, 0.3) is 11.4 Å². The minimum absolute atomic E-state index is 0.310. The molecule has 1 aromatic carbocycles. The number of aryl methyl sites for hydroxylation is 2. The lowest BCUT2D eigenvalue weighted by Crippen LogP contribution is -2.04. The summed E-state index contributed by atoms with van der Waals surface area (Å²) in [6.45, 7) is 4.32. The average molecular weight is 298 g/mol. The first-order chi connectivity index (χ1) is 10.1. The van der Waals surface area contributed by atoms with Crippen molar-refractivity contribution in [2.24, 2.45) is 7.05 Å². The maximum Gasteiger partial charge on any atom is 0.163 e. The summed E-state index contributed by atoms with van der Waals surface area (Å²) >= 11 is 1.83. The summed E-state index contributed by atoms with van der Waals surface area (Å²) in [5.74, 6) is 0.878. The van der Waals surface area contributed by atoms with Gasteiger partial charge >= 0.3 is 0 Å². The molecule has 1 N–H and O–H groups in total. The van der Waals surface area contributed by atoms with E-state index in [4.69, 9.17) is 0 Å². The van der Waals surface area contributed by atoms with Crippen molar-refractivity contribution in [3.8, 4) is 11.4 Å². The molecule has 2 heterocycles. The maximum absolute atomic E-state index is 4.12. The van der Waals surface area contributed by atoms with Crippen molar-refractivity contribution in [3.63, 3.8) is 0 Å². The summed E-state index contributed by atoms with van der Waals surface area (Å²) in [6, 6.07) is 13.0. The zero-order valence-electron chi connectivity index (χ0n) is 12.4. The van der Waals surface area contributed by atoms with E-state index in [1.165, 1.54) is 9.75 Å². The molecule has 0 aliphatic carbocycles. The van der Waals surface area contributed by atoms with Gasteiger partial charge in [-0.2, -0.15) is 0 Å². The minimum atomic E-state index is 0.310. The van der Waals surface area contributed by atoms with Crippen LogP contribution >= 0.6 is 11.3 Å². The molecule has 0 radical (unpaired) electrons. The number of thiophene rings is 1. The Labute approximate surface area is 128 Å². The van der Waals surface area contributed by atoms with Crippen LogP contribution in [0.1, 0.15) is 22.7 Å². The highest BCUT2D eigenvalue weighted by molar-refractivity contribution is 7.12. The van der Waals surface area contributed by atoms with Crippen LogP contribution in [0.3, 0.4) is 0 Å². The zero-order chi connectivity index (χ0) is 14.8. The molecule has 0 aliphatic heterocycles. The summed E-state index contributed by atoms with van der Waals surface area (Å²) in [6.07, 6.45) is 1.71. The van der Waals surface area contributed by atoms with Gasteiger partial charge in [0.1, 0.15) is 6.33 Å². The normalized spacial score (nSPS) is 12.3. The third-order valence-electron chi connectivity index (χ3n) is 3.43. The summed E-state index contributed by atoms with van der Waals surface area (Å²) in [5, 5.41) is 11.6. The van der Waals surface area contributed by atoms with Crippen molar-refractivity contribution in [1.29, 1.82) is 0 Å². The lowest BCUT2D eigenvalue weighted by atomic mass is 10.1. The second-order valence-electron chi connectivity index (χ2n) is 5.16. The van der Waals surface area contributed by atoms with Crippen LogP contribution in [0.2, 0.25) is 0 Å². The maximum atomic E-state index is 4.12. The molecule has 2 aromatic heterocycles. The molecule has 3 aromatic rings. The highest BCUT2D eigenvalue weighted by Crippen LogP contribution is 2.26. The molecule has 0 bridgehead atoms. The fraction of sp³-hybridized carbons (Fsp3) is 0.250. The smallest absolute Gasteiger partial charge is 0.163 e. The quantitative estimate of drug-likeness (QED) is 0.791. The first kappa shape index (κ1) is 13.8. The van der Waals surface area contributed by atoms with Gasteiger partial charge in [0, 0.05) is 28.1 Å². The molecule has 0 amide bonds. The van der Waals surface area contributed by atoms with Crippen LogP contribution in [0.4, 0.5) is 5.69 Å². The summed E-state index contributed by atoms with van der Waals surface area (Å²) in [7, 11) is 1.95. The molecule has 5 heteroatoms. The Kier molecular flexibility index (Phi) is 3.75. The Hall–Kier alpha value is -2.14. The average Bonchev–Trinajstić information content (AvgIpc) is 3.08. The monoisotopic (exact) mass is 298 g/mol. The van der Waals surface area contributed by atoms with Crippen LogP contribution in [0, 0.1) is 6.92 Å². The van der Waals surface area contributed by atoms with Crippen molar-refractivity contribution in [1.82, 2.24) is 14.8 Å². The van der Waals surface area contributed by atoms with E-state index in [1.807, 2.05) is 23.0 Å². The second-order valence-corrected chi connectivity index (χ2v) is 6.48. The minimum Gasteiger partial charge on any atom is -0.378 e. The van der Waals surface area contributed by atoms with Gasteiger partial charge in [-0.1, -0.05) is 0 Å². The topological polar surface area (TPSA) is 42.7 Å². The number of benzene rings is 1. The number of nitrogens with zero attached hydrogens (tertiary/aromatic N) is 3. The summed E-state index contributed by atoms with van der Waals surface area (Å²) in [4.78, 5) is 2.70. The SMILES string of the molecule is Cc1ccc(C(C)Nc2ccc(-c3nncn3C)cc2)s1. The van der Waals surface area contributed by atoms with Crippen LogP contribution in [-0.2, 0) is 7.05 Å². The number of hydrogen-bond acceptors (Lipinski definition) is 4. The lowest BCUT2D eigenvalue weighted by Gasteiger charge is -2.14. The van der Waals surface area contributed by atoms with Gasteiger partial charge in [-0.05, 0) is 50.2 Å². The second kappa shape index (κ2) is 5.69. The van der Waals surface area contributed by atoms with Crippen LogP contribution in [-0.4, -0.2) is 14.8 Å². The lowest BCUT2D eigenvalue weighted by molar-refractivity contribution is 0.907. The van der Waals surface area contributed by atoms with E-state index in [9.17, 15) is 0 Å². The van der Waals surface area contributed by atoms with E-state index in [0.717, 1.165) is 17.1 Å². The highest BCUT2D eigenvalue weighted by Gasteiger charge is 2.08. The van der Waals surface area contributed by atoms with Gasteiger partial charge in [0.15, 0.2) is 5.82 Å². The van der Waals surface area contributed by atoms with Gasteiger partial charge in [0.25, 0.3) is 0 Å². The Balaban J connectivity index is 1.74. The van der Waals surface area contributed by atoms with Crippen molar-refractivity contribution < 1.29 is 0 Å². The van der Waals surface area contributed by atoms with Gasteiger partial charge in [-0.25, -0.2) is 0 Å². The number of hydrogen-bond donors (Lipinski definition) is 1. The Morgan fingerprint density at radius 3 is 2.48 bits per heavy atom. The van der Waals surface area contributed by atoms with Crippen LogP contribution in [0.5, 0.6) is 0 Å². The molecule has 3 rings (SSSR count). The van der Waals surface area contributed by atoms with E-state index in [-0.39, 0.29) is 0 Å². The molecule has 0 spiro atoms. The van der Waals surface area contributed by atoms with E-state index >= 15 is 0 Å². The Morgan fingerprint density at radius 1 is 1.14 bits per heavy atom. The molecule has 0 saturated heterocycles. The highest BCUT2D eigenvalue weighted by atomic mass is 32.1. The van der Waals surface area contributed by atoms with E-state index in [1.54, 1.807) is 6.33 Å². The molecule has 0 fully saturated rings. The number of nitrogens with one attached hydrogen (secondary N) is 1. The van der Waals surface area contributed by atoms with Crippen LogP contribution in [0.15, 0.2) is 42.7 Å². The molecule has 1 unspecified atom stereocenters. The molecular weight excluding hydrogens is 280 g/mol. The van der Waals surface area contributed by atoms with Gasteiger partial charge in [0.05, 0.1) is 6.04 Å². The molecule has 1 atom stereocenters. The van der Waals surface area contributed by atoms with Crippen molar-refractivity contribution in [2.75, 3.05) is 5.32 Å². The van der Waals surface area contributed by atoms with E-state index in [0.29, 0.717) is 6.04 Å².